The summed E-state index contributed by atoms with van der Waals surface area (Å²) in [6.07, 6.45) is 0. The molecule has 0 bridgehead atoms. The molecule has 5 nitrogen and oxygen atoms in total. The van der Waals surface area contributed by atoms with Crippen molar-refractivity contribution in [1.29, 1.82) is 0 Å². The fourth-order valence-corrected chi connectivity index (χ4v) is 3.15. The summed E-state index contributed by atoms with van der Waals surface area (Å²) in [7, 11) is 1.58. The third kappa shape index (κ3) is 3.74. The lowest BCUT2D eigenvalue weighted by Crippen LogP contribution is -2.03. The molecule has 0 atom stereocenters. The van der Waals surface area contributed by atoms with Crippen molar-refractivity contribution in [2.45, 2.75) is 6.54 Å². The van der Waals surface area contributed by atoms with Gasteiger partial charge in [0.1, 0.15) is 5.75 Å². The van der Waals surface area contributed by atoms with Crippen molar-refractivity contribution in [3.05, 3.63) is 61.0 Å². The van der Waals surface area contributed by atoms with Gasteiger partial charge in [0.2, 0.25) is 0 Å². The Morgan fingerprint density at radius 1 is 1.24 bits per heavy atom. The van der Waals surface area contributed by atoms with Gasteiger partial charge in [-0.3, -0.25) is 10.1 Å². The minimum Gasteiger partial charge on any atom is -0.495 e. The number of benzene rings is 2. The van der Waals surface area contributed by atoms with Crippen molar-refractivity contribution in [2.24, 2.45) is 0 Å². The Morgan fingerprint density at radius 2 is 1.95 bits per heavy atom. The predicted octanol–water partition coefficient (Wildman–Crippen LogP) is 4.74. The topological polar surface area (TPSA) is 64.4 Å². The van der Waals surface area contributed by atoms with Crippen LogP contribution in [-0.4, -0.2) is 12.0 Å². The summed E-state index contributed by atoms with van der Waals surface area (Å²) in [5.41, 5.74) is 1.52. The standard InChI is InChI=1S/C14H12Br2N2O3/c1-21-14-7-12(10(15)6-11(14)16)17-8-9-4-2-3-5-13(9)18(19)20/h2-7,17H,8H2,1H3. The monoisotopic (exact) mass is 414 g/mol. The fraction of sp³-hybridized carbons (Fsp3) is 0.143. The van der Waals surface area contributed by atoms with Gasteiger partial charge in [0.05, 0.1) is 22.2 Å². The molecule has 0 amide bonds. The molecule has 0 fully saturated rings. The second-order valence-electron chi connectivity index (χ2n) is 4.21. The summed E-state index contributed by atoms with van der Waals surface area (Å²) >= 11 is 6.85. The lowest BCUT2D eigenvalue weighted by molar-refractivity contribution is -0.385. The Morgan fingerprint density at radius 3 is 2.62 bits per heavy atom. The van der Waals surface area contributed by atoms with E-state index in [-0.39, 0.29) is 10.6 Å². The van der Waals surface area contributed by atoms with Crippen molar-refractivity contribution in [1.82, 2.24) is 0 Å². The van der Waals surface area contributed by atoms with E-state index in [1.165, 1.54) is 6.07 Å². The van der Waals surface area contributed by atoms with Crippen LogP contribution in [0.3, 0.4) is 0 Å². The molecule has 7 heteroatoms. The van der Waals surface area contributed by atoms with Crippen LogP contribution in [0, 0.1) is 10.1 Å². The van der Waals surface area contributed by atoms with Gasteiger partial charge in [-0.15, -0.1) is 0 Å². The molecule has 0 unspecified atom stereocenters. The van der Waals surface area contributed by atoms with Gasteiger partial charge in [-0.2, -0.15) is 0 Å². The molecule has 0 heterocycles. The van der Waals surface area contributed by atoms with Gasteiger partial charge in [0, 0.05) is 28.7 Å². The molecule has 2 aromatic rings. The van der Waals surface area contributed by atoms with Crippen molar-refractivity contribution in [3.8, 4) is 5.75 Å². The number of hydrogen-bond acceptors (Lipinski definition) is 4. The zero-order valence-electron chi connectivity index (χ0n) is 11.1. The predicted molar refractivity (Wildman–Crippen MR) is 88.8 cm³/mol. The number of nitro groups is 1. The molecule has 0 aliphatic rings. The molecule has 0 saturated carbocycles. The highest BCUT2D eigenvalue weighted by Gasteiger charge is 2.13. The van der Waals surface area contributed by atoms with E-state index in [2.05, 4.69) is 37.2 Å². The van der Waals surface area contributed by atoms with Crippen molar-refractivity contribution >= 4 is 43.2 Å². The van der Waals surface area contributed by atoms with Crippen molar-refractivity contribution < 1.29 is 9.66 Å². The van der Waals surface area contributed by atoms with Crippen LogP contribution < -0.4 is 10.1 Å². The number of nitro benzene ring substituents is 1. The Hall–Kier alpha value is -1.60. The summed E-state index contributed by atoms with van der Waals surface area (Å²) in [6, 6.07) is 10.3. The highest BCUT2D eigenvalue weighted by Crippen LogP contribution is 2.35. The number of para-hydroxylation sites is 1. The van der Waals surface area contributed by atoms with Gasteiger partial charge in [-0.25, -0.2) is 0 Å². The fourth-order valence-electron chi connectivity index (χ4n) is 1.85. The minimum atomic E-state index is -0.381. The van der Waals surface area contributed by atoms with Gasteiger partial charge in [-0.05, 0) is 37.9 Å². The maximum Gasteiger partial charge on any atom is 0.274 e. The van der Waals surface area contributed by atoms with Gasteiger partial charge < -0.3 is 10.1 Å². The number of anilines is 1. The number of hydrogen-bond donors (Lipinski definition) is 1. The summed E-state index contributed by atoms with van der Waals surface area (Å²) < 4.78 is 6.91. The zero-order valence-corrected chi connectivity index (χ0v) is 14.3. The number of methoxy groups -OCH3 is 1. The molecule has 0 aromatic heterocycles. The van der Waals surface area contributed by atoms with E-state index in [1.807, 2.05) is 12.1 Å². The normalized spacial score (nSPS) is 10.2. The van der Waals surface area contributed by atoms with Crippen molar-refractivity contribution in [3.63, 3.8) is 0 Å². The summed E-state index contributed by atoms with van der Waals surface area (Å²) in [6.45, 7) is 0.348. The molecule has 2 aromatic carbocycles. The lowest BCUT2D eigenvalue weighted by Gasteiger charge is -2.12. The summed E-state index contributed by atoms with van der Waals surface area (Å²) in [5, 5.41) is 14.2. The number of nitrogens with zero attached hydrogens (tertiary/aromatic N) is 1. The molecule has 110 valence electrons. The number of ether oxygens (including phenoxy) is 1. The van der Waals surface area contributed by atoms with Crippen LogP contribution in [-0.2, 0) is 6.54 Å². The third-order valence-electron chi connectivity index (χ3n) is 2.90. The molecule has 0 aliphatic carbocycles. The first-order valence-corrected chi connectivity index (χ1v) is 7.60. The van der Waals surface area contributed by atoms with Crippen LogP contribution in [0.4, 0.5) is 11.4 Å². The largest absolute Gasteiger partial charge is 0.495 e. The van der Waals surface area contributed by atoms with Gasteiger partial charge >= 0.3 is 0 Å². The zero-order chi connectivity index (χ0) is 15.4. The van der Waals surface area contributed by atoms with Gasteiger partial charge in [0.25, 0.3) is 5.69 Å². The first kappa shape index (κ1) is 15.8. The minimum absolute atomic E-state index is 0.102. The Balaban J connectivity index is 2.23. The Bertz CT molecular complexity index is 677. The average molecular weight is 416 g/mol. The molecule has 1 N–H and O–H groups in total. The van der Waals surface area contributed by atoms with E-state index in [0.29, 0.717) is 17.9 Å². The smallest absolute Gasteiger partial charge is 0.274 e. The van der Waals surface area contributed by atoms with Crippen LogP contribution in [0.25, 0.3) is 0 Å². The van der Waals surface area contributed by atoms with Crippen LogP contribution >= 0.6 is 31.9 Å². The van der Waals surface area contributed by atoms with E-state index < -0.39 is 0 Å². The van der Waals surface area contributed by atoms with E-state index in [9.17, 15) is 10.1 Å². The Labute approximate surface area is 138 Å². The molecule has 21 heavy (non-hydrogen) atoms. The molecular formula is C14H12Br2N2O3. The van der Waals surface area contributed by atoms with E-state index >= 15 is 0 Å². The van der Waals surface area contributed by atoms with Crippen LogP contribution in [0.1, 0.15) is 5.56 Å². The van der Waals surface area contributed by atoms with Crippen LogP contribution in [0.5, 0.6) is 5.75 Å². The molecule has 0 spiro atoms. The highest BCUT2D eigenvalue weighted by molar-refractivity contribution is 9.11. The first-order chi connectivity index (χ1) is 10.0. The van der Waals surface area contributed by atoms with E-state index in [0.717, 1.165) is 14.6 Å². The molecule has 0 radical (unpaired) electrons. The first-order valence-electron chi connectivity index (χ1n) is 6.02. The van der Waals surface area contributed by atoms with E-state index in [1.54, 1.807) is 25.3 Å². The average Bonchev–Trinajstić information content (AvgIpc) is 2.46. The van der Waals surface area contributed by atoms with Crippen LogP contribution in [0.15, 0.2) is 45.3 Å². The number of halogens is 2. The van der Waals surface area contributed by atoms with E-state index in [4.69, 9.17) is 4.74 Å². The number of nitrogens with one attached hydrogen (secondary N) is 1. The maximum absolute atomic E-state index is 11.0. The SMILES string of the molecule is COc1cc(NCc2ccccc2[N+](=O)[O-])c(Br)cc1Br. The maximum atomic E-state index is 11.0. The molecular weight excluding hydrogens is 404 g/mol. The summed E-state index contributed by atoms with van der Waals surface area (Å²) in [5.74, 6) is 0.684. The highest BCUT2D eigenvalue weighted by atomic mass is 79.9. The van der Waals surface area contributed by atoms with Crippen molar-refractivity contribution in [2.75, 3.05) is 12.4 Å². The van der Waals surface area contributed by atoms with Gasteiger partial charge in [0.15, 0.2) is 0 Å². The molecule has 2 rings (SSSR count). The second-order valence-corrected chi connectivity index (χ2v) is 5.91. The Kier molecular flexibility index (Phi) is 5.19. The lowest BCUT2D eigenvalue weighted by atomic mass is 10.1. The summed E-state index contributed by atoms with van der Waals surface area (Å²) in [4.78, 5) is 10.6. The second kappa shape index (κ2) is 6.91. The van der Waals surface area contributed by atoms with Gasteiger partial charge in [-0.1, -0.05) is 18.2 Å². The molecule has 0 aliphatic heterocycles. The quantitative estimate of drug-likeness (QED) is 0.565. The van der Waals surface area contributed by atoms with Crippen LogP contribution in [0.2, 0.25) is 0 Å². The third-order valence-corrected chi connectivity index (χ3v) is 4.17. The molecule has 0 saturated heterocycles. The number of rotatable bonds is 5.